The van der Waals surface area contributed by atoms with Gasteiger partial charge in [-0.15, -0.1) is 0 Å². The summed E-state index contributed by atoms with van der Waals surface area (Å²) >= 11 is 0. The molecule has 0 aromatic carbocycles. The number of esters is 2. The molecule has 0 amide bonds. The minimum Gasteiger partial charge on any atom is -0.463 e. The van der Waals surface area contributed by atoms with Crippen molar-refractivity contribution in [1.82, 2.24) is 4.90 Å². The number of carbonyl (C=O) groups excluding carboxylic acids is 2. The first-order valence-corrected chi connectivity index (χ1v) is 17.7. The zero-order valence-corrected chi connectivity index (χ0v) is 29.0. The van der Waals surface area contributed by atoms with E-state index in [0.29, 0.717) is 5.41 Å². The average molecular weight is 626 g/mol. The Hall–Kier alpha value is -1.96. The highest BCUT2D eigenvalue weighted by molar-refractivity contribution is 5.66. The number of carbonyl (C=O) groups is 2. The lowest BCUT2D eigenvalue weighted by Gasteiger charge is -2.58. The number of hydrogen-bond acceptors (Lipinski definition) is 7. The van der Waals surface area contributed by atoms with Gasteiger partial charge in [0.15, 0.2) is 6.29 Å². The topological polar surface area (TPSA) is 74.3 Å². The molecule has 1 aliphatic heterocycles. The standard InChI is InChI=1S/C38H59NO6/c1-25(11-9-8-10-22-39(6)7)31-14-15-32-30-13-12-28-23-29(18-20-37(28,4)33(30)19-21-38(31,32)5)44-36-17-16-34(43-27(3)41)35(45-36)24-42-26(2)40/h11-12,16-17,29-36H,8-10,13-15,18-24H2,1-7H3/b25-11+/t29-,30-,31+,32-,33-,34-,35+,36?,37-,38+/m0/s1. The Kier molecular flexibility index (Phi) is 11.0. The van der Waals surface area contributed by atoms with E-state index in [9.17, 15) is 9.59 Å². The molecule has 10 atom stereocenters. The molecular weight excluding hydrogens is 566 g/mol. The molecule has 1 heterocycles. The third kappa shape index (κ3) is 7.62. The number of fused-ring (bicyclic) bond motifs is 5. The lowest BCUT2D eigenvalue weighted by molar-refractivity contribution is -0.213. The lowest BCUT2D eigenvalue weighted by Crippen LogP contribution is -2.51. The fraction of sp³-hybridized carbons (Fsp3) is 0.789. The predicted octanol–water partition coefficient (Wildman–Crippen LogP) is 7.40. The van der Waals surface area contributed by atoms with Crippen molar-refractivity contribution < 1.29 is 28.5 Å². The van der Waals surface area contributed by atoms with Crippen LogP contribution in [0.4, 0.5) is 0 Å². The van der Waals surface area contributed by atoms with Crippen molar-refractivity contribution in [3.8, 4) is 0 Å². The van der Waals surface area contributed by atoms with Crippen LogP contribution in [0.5, 0.6) is 0 Å². The molecule has 0 aromatic heterocycles. The Labute approximate surface area is 272 Å². The Bertz CT molecular complexity index is 1160. The maximum atomic E-state index is 11.6. The molecule has 3 fully saturated rings. The van der Waals surface area contributed by atoms with Gasteiger partial charge in [-0.25, -0.2) is 0 Å². The molecular formula is C38H59NO6. The molecule has 252 valence electrons. The second-order valence-corrected chi connectivity index (χ2v) is 15.5. The summed E-state index contributed by atoms with van der Waals surface area (Å²) in [5, 5.41) is 0. The number of allylic oxidation sites excluding steroid dienone is 3. The van der Waals surface area contributed by atoms with Gasteiger partial charge in [-0.05, 0) is 145 Å². The number of unbranched alkanes of at least 4 members (excludes halogenated alkanes) is 2. The Morgan fingerprint density at radius 3 is 2.53 bits per heavy atom. The second-order valence-electron chi connectivity index (χ2n) is 15.5. The fourth-order valence-corrected chi connectivity index (χ4v) is 10.1. The zero-order valence-electron chi connectivity index (χ0n) is 29.0. The maximum absolute atomic E-state index is 11.6. The van der Waals surface area contributed by atoms with Crippen LogP contribution < -0.4 is 0 Å². The van der Waals surface area contributed by atoms with Crippen LogP contribution in [0.2, 0.25) is 0 Å². The fourth-order valence-electron chi connectivity index (χ4n) is 10.1. The van der Waals surface area contributed by atoms with Crippen molar-refractivity contribution in [3.05, 3.63) is 35.5 Å². The Balaban J connectivity index is 1.20. The first kappa shape index (κ1) is 34.4. The van der Waals surface area contributed by atoms with Crippen molar-refractivity contribution in [3.63, 3.8) is 0 Å². The van der Waals surface area contributed by atoms with Gasteiger partial charge in [0.05, 0.1) is 6.10 Å². The molecule has 45 heavy (non-hydrogen) atoms. The molecule has 5 aliphatic rings. The Morgan fingerprint density at radius 2 is 1.80 bits per heavy atom. The van der Waals surface area contributed by atoms with Gasteiger partial charge >= 0.3 is 11.9 Å². The van der Waals surface area contributed by atoms with Crippen molar-refractivity contribution in [2.45, 2.75) is 130 Å². The van der Waals surface area contributed by atoms with E-state index in [1.54, 1.807) is 17.2 Å². The largest absolute Gasteiger partial charge is 0.463 e. The maximum Gasteiger partial charge on any atom is 0.303 e. The summed E-state index contributed by atoms with van der Waals surface area (Å²) in [6, 6.07) is 0. The number of rotatable bonds is 11. The summed E-state index contributed by atoms with van der Waals surface area (Å²) < 4.78 is 23.2. The van der Waals surface area contributed by atoms with Gasteiger partial charge in [-0.1, -0.05) is 37.1 Å². The molecule has 5 rings (SSSR count). The molecule has 0 N–H and O–H groups in total. The van der Waals surface area contributed by atoms with Gasteiger partial charge < -0.3 is 23.8 Å². The summed E-state index contributed by atoms with van der Waals surface area (Å²) in [6.07, 6.45) is 20.7. The van der Waals surface area contributed by atoms with Crippen molar-refractivity contribution in [2.24, 2.45) is 34.5 Å². The first-order valence-electron chi connectivity index (χ1n) is 17.7. The molecule has 1 unspecified atom stereocenters. The van der Waals surface area contributed by atoms with Gasteiger partial charge in [0.2, 0.25) is 0 Å². The minimum atomic E-state index is -0.603. The van der Waals surface area contributed by atoms with E-state index < -0.39 is 30.4 Å². The van der Waals surface area contributed by atoms with Crippen LogP contribution in [0.1, 0.15) is 105 Å². The molecule has 7 heteroatoms. The van der Waals surface area contributed by atoms with Crippen molar-refractivity contribution in [1.29, 1.82) is 0 Å². The monoisotopic (exact) mass is 625 g/mol. The van der Waals surface area contributed by atoms with E-state index in [1.165, 1.54) is 71.8 Å². The number of hydrogen-bond donors (Lipinski definition) is 0. The molecule has 0 bridgehead atoms. The average Bonchev–Trinajstić information content (AvgIpc) is 3.34. The van der Waals surface area contributed by atoms with Crippen LogP contribution in [0.15, 0.2) is 35.5 Å². The van der Waals surface area contributed by atoms with E-state index >= 15 is 0 Å². The third-order valence-corrected chi connectivity index (χ3v) is 12.3. The third-order valence-electron chi connectivity index (χ3n) is 12.3. The molecule has 0 spiro atoms. The van der Waals surface area contributed by atoms with Gasteiger partial charge in [0.25, 0.3) is 0 Å². The summed E-state index contributed by atoms with van der Waals surface area (Å²) in [7, 11) is 4.33. The molecule has 3 saturated carbocycles. The van der Waals surface area contributed by atoms with Gasteiger partial charge in [-0.3, -0.25) is 9.59 Å². The van der Waals surface area contributed by atoms with E-state index in [1.807, 2.05) is 6.08 Å². The molecule has 7 nitrogen and oxygen atoms in total. The van der Waals surface area contributed by atoms with Crippen LogP contribution in [-0.4, -0.2) is 68.7 Å². The van der Waals surface area contributed by atoms with E-state index in [-0.39, 0.29) is 18.1 Å². The highest BCUT2D eigenvalue weighted by atomic mass is 16.7. The summed E-state index contributed by atoms with van der Waals surface area (Å²) in [5.41, 5.74) is 3.93. The first-order chi connectivity index (χ1) is 21.4. The van der Waals surface area contributed by atoms with E-state index in [0.717, 1.165) is 42.9 Å². The van der Waals surface area contributed by atoms with Crippen LogP contribution >= 0.6 is 0 Å². The number of nitrogens with zero attached hydrogens (tertiary/aromatic N) is 1. The quantitative estimate of drug-likeness (QED) is 0.135. The second kappa shape index (κ2) is 14.4. The Morgan fingerprint density at radius 1 is 1.00 bits per heavy atom. The number of ether oxygens (including phenoxy) is 4. The van der Waals surface area contributed by atoms with Crippen LogP contribution in [0.3, 0.4) is 0 Å². The normalized spacial score (nSPS) is 39.5. The molecule has 0 aromatic rings. The summed E-state index contributed by atoms with van der Waals surface area (Å²) in [6.45, 7) is 11.5. The van der Waals surface area contributed by atoms with Crippen molar-refractivity contribution in [2.75, 3.05) is 27.2 Å². The molecule has 0 radical (unpaired) electrons. The van der Waals surface area contributed by atoms with Crippen LogP contribution in [0, 0.1) is 34.5 Å². The smallest absolute Gasteiger partial charge is 0.303 e. The van der Waals surface area contributed by atoms with Crippen molar-refractivity contribution >= 4 is 11.9 Å². The van der Waals surface area contributed by atoms with Crippen LogP contribution in [-0.2, 0) is 28.5 Å². The van der Waals surface area contributed by atoms with Gasteiger partial charge in [0.1, 0.15) is 18.8 Å². The van der Waals surface area contributed by atoms with E-state index in [2.05, 4.69) is 51.9 Å². The molecule has 4 aliphatic carbocycles. The summed E-state index contributed by atoms with van der Waals surface area (Å²) in [5.74, 6) is 2.32. The van der Waals surface area contributed by atoms with Crippen LogP contribution in [0.25, 0.3) is 0 Å². The SMILES string of the molecule is CC(=O)OC[C@H]1OC(O[C@H]2CC[C@@]3(C)C(=CC[C@H]4[C@@H]5CC[C@H](/C(C)=C/CCCCN(C)C)[C@@]5(C)CC[C@@H]43)C2)C=C[C@@H]1OC(C)=O. The van der Waals surface area contributed by atoms with Gasteiger partial charge in [0, 0.05) is 13.8 Å². The highest BCUT2D eigenvalue weighted by Crippen LogP contribution is 2.67. The minimum absolute atomic E-state index is 0.0154. The highest BCUT2D eigenvalue weighted by Gasteiger charge is 2.58. The molecule has 0 saturated heterocycles. The summed E-state index contributed by atoms with van der Waals surface area (Å²) in [4.78, 5) is 25.3. The lowest BCUT2D eigenvalue weighted by atomic mass is 9.47. The van der Waals surface area contributed by atoms with Gasteiger partial charge in [-0.2, -0.15) is 0 Å². The van der Waals surface area contributed by atoms with E-state index in [4.69, 9.17) is 18.9 Å². The predicted molar refractivity (Wildman–Crippen MR) is 176 cm³/mol. The zero-order chi connectivity index (χ0) is 32.4.